The third kappa shape index (κ3) is 4.99. The number of hydrogen-bond acceptors (Lipinski definition) is 5. The molecule has 0 spiro atoms. The van der Waals surface area contributed by atoms with Crippen LogP contribution in [-0.4, -0.2) is 44.4 Å². The maximum Gasteiger partial charge on any atom is 0.349 e. The minimum Gasteiger partial charge on any atom is -0.387 e. The molecule has 124 valence electrons. The van der Waals surface area contributed by atoms with Crippen LogP contribution in [0.5, 0.6) is 0 Å². The number of rotatable bonds is 8. The zero-order valence-corrected chi connectivity index (χ0v) is 14.9. The van der Waals surface area contributed by atoms with E-state index >= 15 is 0 Å². The third-order valence-corrected chi connectivity index (χ3v) is 5.17. The summed E-state index contributed by atoms with van der Waals surface area (Å²) in [4.78, 5) is 13.9. The van der Waals surface area contributed by atoms with Gasteiger partial charge in [0.15, 0.2) is 0 Å². The molecule has 0 saturated heterocycles. The van der Waals surface area contributed by atoms with E-state index in [1.807, 2.05) is 0 Å². The van der Waals surface area contributed by atoms with Crippen molar-refractivity contribution < 1.29 is 18.4 Å². The van der Waals surface area contributed by atoms with E-state index in [1.165, 1.54) is 4.90 Å². The van der Waals surface area contributed by atoms with Crippen molar-refractivity contribution in [2.24, 2.45) is 0 Å². The van der Waals surface area contributed by atoms with E-state index in [0.29, 0.717) is 16.3 Å². The number of amides is 1. The van der Waals surface area contributed by atoms with Gasteiger partial charge >= 0.3 is 7.60 Å². The van der Waals surface area contributed by atoms with Crippen molar-refractivity contribution in [2.45, 2.75) is 13.8 Å². The number of anilines is 1. The monoisotopic (exact) mass is 348 g/mol. The Balaban J connectivity index is 2.97. The normalized spacial score (nSPS) is 11.3. The van der Waals surface area contributed by atoms with Crippen LogP contribution < -0.4 is 5.32 Å². The maximum absolute atomic E-state index is 12.6. The van der Waals surface area contributed by atoms with Crippen LogP contribution in [0.15, 0.2) is 18.2 Å². The third-order valence-electron chi connectivity index (χ3n) is 2.86. The minimum absolute atomic E-state index is 0.122. The standard InChI is InChI=1S/C14H22ClN2O4P/c1-5-20-22(19,21-6-2)10-17(4)14(18)12-9-11(15)7-8-13(12)16-3/h7-9,16H,5-6,10H2,1-4H3. The number of halogens is 1. The molecule has 0 radical (unpaired) electrons. The maximum atomic E-state index is 12.6. The zero-order valence-electron chi connectivity index (χ0n) is 13.3. The van der Waals surface area contributed by atoms with Gasteiger partial charge in [0.05, 0.1) is 18.8 Å². The van der Waals surface area contributed by atoms with Crippen LogP contribution in [0, 0.1) is 0 Å². The van der Waals surface area contributed by atoms with Gasteiger partial charge in [0.25, 0.3) is 5.91 Å². The highest BCUT2D eigenvalue weighted by Crippen LogP contribution is 2.48. The summed E-state index contributed by atoms with van der Waals surface area (Å²) in [7, 11) is -0.0710. The lowest BCUT2D eigenvalue weighted by molar-refractivity contribution is 0.0801. The van der Waals surface area contributed by atoms with E-state index in [2.05, 4.69) is 5.32 Å². The summed E-state index contributed by atoms with van der Waals surface area (Å²) in [6.45, 7) is 3.95. The molecule has 1 aromatic rings. The Morgan fingerprint density at radius 2 is 1.91 bits per heavy atom. The number of carbonyl (C=O) groups excluding carboxylic acids is 1. The van der Waals surface area contributed by atoms with Crippen LogP contribution in [-0.2, 0) is 13.6 Å². The minimum atomic E-state index is -3.33. The first-order chi connectivity index (χ1) is 10.4. The Hall–Kier alpha value is -1.07. The molecular formula is C14H22ClN2O4P. The predicted molar refractivity (Wildman–Crippen MR) is 88.8 cm³/mol. The second kappa shape index (κ2) is 8.53. The quantitative estimate of drug-likeness (QED) is 0.726. The van der Waals surface area contributed by atoms with Crippen molar-refractivity contribution in [3.63, 3.8) is 0 Å². The van der Waals surface area contributed by atoms with Crippen LogP contribution in [0.25, 0.3) is 0 Å². The molecule has 6 nitrogen and oxygen atoms in total. The summed E-state index contributed by atoms with van der Waals surface area (Å²) >= 11 is 5.95. The van der Waals surface area contributed by atoms with Crippen LogP contribution in [0.1, 0.15) is 24.2 Å². The predicted octanol–water partition coefficient (Wildman–Crippen LogP) is 3.68. The van der Waals surface area contributed by atoms with Crippen LogP contribution in [0.4, 0.5) is 5.69 Å². The van der Waals surface area contributed by atoms with Crippen molar-refractivity contribution in [1.29, 1.82) is 0 Å². The summed E-state index contributed by atoms with van der Waals surface area (Å²) in [5.41, 5.74) is 1.04. The highest BCUT2D eigenvalue weighted by atomic mass is 35.5. The van der Waals surface area contributed by atoms with Gasteiger partial charge in [-0.15, -0.1) is 0 Å². The molecule has 1 N–H and O–H groups in total. The van der Waals surface area contributed by atoms with Crippen molar-refractivity contribution in [2.75, 3.05) is 38.9 Å². The number of nitrogens with one attached hydrogen (secondary N) is 1. The fourth-order valence-corrected chi connectivity index (χ4v) is 3.80. The number of hydrogen-bond donors (Lipinski definition) is 1. The summed E-state index contributed by atoms with van der Waals surface area (Å²) < 4.78 is 22.9. The number of benzene rings is 1. The van der Waals surface area contributed by atoms with E-state index in [9.17, 15) is 9.36 Å². The molecule has 0 bridgehead atoms. The molecule has 0 aliphatic rings. The molecule has 8 heteroatoms. The van der Waals surface area contributed by atoms with Crippen molar-refractivity contribution in [3.8, 4) is 0 Å². The number of nitrogens with zero attached hydrogens (tertiary/aromatic N) is 1. The van der Waals surface area contributed by atoms with Crippen molar-refractivity contribution in [1.82, 2.24) is 4.90 Å². The molecule has 0 aliphatic heterocycles. The highest BCUT2D eigenvalue weighted by molar-refractivity contribution is 7.53. The first kappa shape index (κ1) is 19.0. The lowest BCUT2D eigenvalue weighted by atomic mass is 10.1. The van der Waals surface area contributed by atoms with E-state index < -0.39 is 7.60 Å². The highest BCUT2D eigenvalue weighted by Gasteiger charge is 2.29. The Kier molecular flexibility index (Phi) is 7.36. The van der Waals surface area contributed by atoms with Gasteiger partial charge in [-0.3, -0.25) is 9.36 Å². The number of carbonyl (C=O) groups is 1. The van der Waals surface area contributed by atoms with Crippen LogP contribution in [0.2, 0.25) is 5.02 Å². The molecule has 1 aromatic carbocycles. The van der Waals surface area contributed by atoms with Gasteiger partial charge < -0.3 is 19.3 Å². The molecule has 0 aromatic heterocycles. The molecule has 0 unspecified atom stereocenters. The molecular weight excluding hydrogens is 327 g/mol. The average Bonchev–Trinajstić information content (AvgIpc) is 2.46. The molecule has 1 rings (SSSR count). The molecule has 0 saturated carbocycles. The van der Waals surface area contributed by atoms with Crippen LogP contribution in [0.3, 0.4) is 0 Å². The Morgan fingerprint density at radius 3 is 2.41 bits per heavy atom. The summed E-state index contributed by atoms with van der Waals surface area (Å²) in [6.07, 6.45) is -0.122. The lowest BCUT2D eigenvalue weighted by Gasteiger charge is -2.24. The average molecular weight is 349 g/mol. The van der Waals surface area contributed by atoms with Gasteiger partial charge in [0.1, 0.15) is 6.29 Å². The first-order valence-electron chi connectivity index (χ1n) is 6.97. The SMILES string of the molecule is CCOP(=O)(CN(C)C(=O)c1cc(Cl)ccc1NC)OCC. The molecule has 0 fully saturated rings. The van der Waals surface area contributed by atoms with Gasteiger partial charge in [-0.2, -0.15) is 0 Å². The Bertz CT molecular complexity index is 558. The second-order valence-electron chi connectivity index (χ2n) is 4.53. The summed E-state index contributed by atoms with van der Waals surface area (Å²) in [6, 6.07) is 4.97. The largest absolute Gasteiger partial charge is 0.387 e. The van der Waals surface area contributed by atoms with Gasteiger partial charge in [-0.25, -0.2) is 0 Å². The summed E-state index contributed by atoms with van der Waals surface area (Å²) in [5.74, 6) is -0.313. The van der Waals surface area contributed by atoms with E-state index in [0.717, 1.165) is 0 Å². The van der Waals surface area contributed by atoms with E-state index in [4.69, 9.17) is 20.6 Å². The Labute approximate surface area is 136 Å². The van der Waals surface area contributed by atoms with Gasteiger partial charge in [0.2, 0.25) is 0 Å². The zero-order chi connectivity index (χ0) is 16.8. The molecule has 1 amide bonds. The van der Waals surface area contributed by atoms with Gasteiger partial charge in [0, 0.05) is 24.8 Å². The Morgan fingerprint density at radius 1 is 1.32 bits per heavy atom. The fourth-order valence-electron chi connectivity index (χ4n) is 1.95. The van der Waals surface area contributed by atoms with Crippen LogP contribution >= 0.6 is 19.2 Å². The smallest absolute Gasteiger partial charge is 0.349 e. The topological polar surface area (TPSA) is 67.9 Å². The fraction of sp³-hybridized carbons (Fsp3) is 0.500. The second-order valence-corrected chi connectivity index (χ2v) is 6.99. The van der Waals surface area contributed by atoms with Gasteiger partial charge in [-0.05, 0) is 32.0 Å². The molecule has 0 atom stereocenters. The molecule has 0 heterocycles. The molecule has 0 aliphatic carbocycles. The summed E-state index contributed by atoms with van der Waals surface area (Å²) in [5, 5.41) is 3.39. The van der Waals surface area contributed by atoms with Crippen molar-refractivity contribution in [3.05, 3.63) is 28.8 Å². The van der Waals surface area contributed by atoms with E-state index in [-0.39, 0.29) is 25.4 Å². The van der Waals surface area contributed by atoms with Gasteiger partial charge in [-0.1, -0.05) is 11.6 Å². The lowest BCUT2D eigenvalue weighted by Crippen LogP contribution is -2.29. The van der Waals surface area contributed by atoms with Crippen molar-refractivity contribution >= 4 is 30.8 Å². The first-order valence-corrected chi connectivity index (χ1v) is 9.08. The molecule has 22 heavy (non-hydrogen) atoms. The van der Waals surface area contributed by atoms with E-state index in [1.54, 1.807) is 46.1 Å².